The maximum Gasteiger partial charge on any atom is 0.181 e. The largest absolute Gasteiger partial charge is 0.363 e. The van der Waals surface area contributed by atoms with E-state index in [1.165, 1.54) is 0 Å². The van der Waals surface area contributed by atoms with Gasteiger partial charge in [-0.1, -0.05) is 26.8 Å². The van der Waals surface area contributed by atoms with Crippen molar-refractivity contribution in [3.63, 3.8) is 0 Å². The number of halogens is 1. The second kappa shape index (κ2) is 5.68. The van der Waals surface area contributed by atoms with Crippen LogP contribution in [0.25, 0.3) is 5.65 Å². The van der Waals surface area contributed by atoms with Gasteiger partial charge in [0.15, 0.2) is 11.5 Å². The van der Waals surface area contributed by atoms with Crippen molar-refractivity contribution < 1.29 is 0 Å². The molecule has 0 spiro atoms. The van der Waals surface area contributed by atoms with Gasteiger partial charge >= 0.3 is 0 Å². The monoisotopic (exact) mass is 359 g/mol. The molecule has 0 saturated carbocycles. The van der Waals surface area contributed by atoms with E-state index in [4.69, 9.17) is 4.98 Å². The lowest BCUT2D eigenvalue weighted by Crippen LogP contribution is -2.16. The van der Waals surface area contributed by atoms with Gasteiger partial charge in [-0.2, -0.15) is 0 Å². The van der Waals surface area contributed by atoms with Gasteiger partial charge in [0, 0.05) is 30.6 Å². The number of rotatable bonds is 3. The van der Waals surface area contributed by atoms with Gasteiger partial charge in [-0.25, -0.2) is 9.97 Å². The average molecular weight is 360 g/mol. The van der Waals surface area contributed by atoms with Crippen molar-refractivity contribution in [2.45, 2.75) is 32.7 Å². The number of nitrogens with zero attached hydrogens (tertiary/aromatic N) is 4. The van der Waals surface area contributed by atoms with Crippen LogP contribution in [0.5, 0.6) is 0 Å². The van der Waals surface area contributed by atoms with Crippen LogP contribution in [0.1, 0.15) is 32.0 Å². The first-order valence-corrected chi connectivity index (χ1v) is 7.91. The van der Waals surface area contributed by atoms with Gasteiger partial charge in [0.2, 0.25) is 0 Å². The molecule has 114 valence electrons. The number of pyridine rings is 1. The van der Waals surface area contributed by atoms with Crippen molar-refractivity contribution in [3.05, 3.63) is 52.8 Å². The maximum atomic E-state index is 4.76. The summed E-state index contributed by atoms with van der Waals surface area (Å²) in [6.45, 7) is 7.11. The summed E-state index contributed by atoms with van der Waals surface area (Å²) in [5, 5.41) is 3.37. The minimum Gasteiger partial charge on any atom is -0.363 e. The zero-order chi connectivity index (χ0) is 15.7. The van der Waals surface area contributed by atoms with Gasteiger partial charge in [0.05, 0.1) is 11.9 Å². The van der Waals surface area contributed by atoms with Crippen LogP contribution < -0.4 is 5.32 Å². The summed E-state index contributed by atoms with van der Waals surface area (Å²) in [6, 6.07) is 3.96. The quantitative estimate of drug-likeness (QED) is 0.772. The third-order valence-electron chi connectivity index (χ3n) is 3.40. The van der Waals surface area contributed by atoms with Crippen LogP contribution in [-0.2, 0) is 12.0 Å². The SMILES string of the molecule is CC(C)(C)c1cn2c(Br)cnc2c(NCc2cccnc2)n1. The smallest absolute Gasteiger partial charge is 0.181 e. The Bertz CT molecular complexity index is 789. The Labute approximate surface area is 138 Å². The van der Waals surface area contributed by atoms with E-state index in [0.717, 1.165) is 27.3 Å². The van der Waals surface area contributed by atoms with Gasteiger partial charge in [0.25, 0.3) is 0 Å². The predicted octanol–water partition coefficient (Wildman–Crippen LogP) is 3.80. The Morgan fingerprint density at radius 2 is 2.09 bits per heavy atom. The standard InChI is InChI=1S/C16H18BrN5/c1-16(2,3)12-10-22-13(17)9-20-15(22)14(21-12)19-8-11-5-4-6-18-7-11/h4-7,9-10H,8H2,1-3H3,(H,19,21). The molecule has 0 amide bonds. The zero-order valence-corrected chi connectivity index (χ0v) is 14.4. The Hall–Kier alpha value is -1.95. The van der Waals surface area contributed by atoms with E-state index < -0.39 is 0 Å². The summed E-state index contributed by atoms with van der Waals surface area (Å²) in [5.74, 6) is 0.780. The Balaban J connectivity index is 2.00. The molecule has 3 rings (SSSR count). The highest BCUT2D eigenvalue weighted by Gasteiger charge is 2.19. The minimum absolute atomic E-state index is 0.0391. The van der Waals surface area contributed by atoms with Crippen molar-refractivity contribution in [2.24, 2.45) is 0 Å². The second-order valence-corrected chi connectivity index (χ2v) is 7.03. The second-order valence-electron chi connectivity index (χ2n) is 6.21. The van der Waals surface area contributed by atoms with Gasteiger partial charge in [0.1, 0.15) is 4.60 Å². The molecule has 3 heterocycles. The molecule has 0 atom stereocenters. The lowest BCUT2D eigenvalue weighted by molar-refractivity contribution is 0.565. The molecular formula is C16H18BrN5. The molecule has 5 nitrogen and oxygen atoms in total. The topological polar surface area (TPSA) is 55.1 Å². The number of fused-ring (bicyclic) bond motifs is 1. The molecule has 0 saturated heterocycles. The van der Waals surface area contributed by atoms with Gasteiger partial charge < -0.3 is 5.32 Å². The molecule has 0 radical (unpaired) electrons. The fourth-order valence-electron chi connectivity index (χ4n) is 2.13. The zero-order valence-electron chi connectivity index (χ0n) is 12.8. The van der Waals surface area contributed by atoms with Crippen LogP contribution in [0.3, 0.4) is 0 Å². The number of nitrogens with one attached hydrogen (secondary N) is 1. The molecule has 0 fully saturated rings. The van der Waals surface area contributed by atoms with Gasteiger partial charge in [-0.05, 0) is 27.6 Å². The molecule has 0 bridgehead atoms. The molecule has 3 aromatic heterocycles. The van der Waals surface area contributed by atoms with Crippen LogP contribution in [0.2, 0.25) is 0 Å². The number of hydrogen-bond donors (Lipinski definition) is 1. The van der Waals surface area contributed by atoms with E-state index in [1.54, 1.807) is 12.4 Å². The summed E-state index contributed by atoms with van der Waals surface area (Å²) in [6.07, 6.45) is 7.44. The number of anilines is 1. The van der Waals surface area contributed by atoms with E-state index in [0.29, 0.717) is 6.54 Å². The third-order valence-corrected chi connectivity index (χ3v) is 3.99. The highest BCUT2D eigenvalue weighted by molar-refractivity contribution is 9.10. The number of imidazole rings is 1. The van der Waals surface area contributed by atoms with Gasteiger partial charge in [-0.3, -0.25) is 9.38 Å². The van der Waals surface area contributed by atoms with E-state index in [2.05, 4.69) is 52.0 Å². The Morgan fingerprint density at radius 1 is 1.27 bits per heavy atom. The average Bonchev–Trinajstić information content (AvgIpc) is 2.87. The van der Waals surface area contributed by atoms with Crippen molar-refractivity contribution in [1.82, 2.24) is 19.4 Å². The molecule has 0 aromatic carbocycles. The summed E-state index contributed by atoms with van der Waals surface area (Å²) >= 11 is 3.53. The molecule has 0 unspecified atom stereocenters. The van der Waals surface area contributed by atoms with Crippen LogP contribution in [0, 0.1) is 0 Å². The molecule has 0 aliphatic heterocycles. The molecule has 1 N–H and O–H groups in total. The number of aromatic nitrogens is 4. The molecule has 22 heavy (non-hydrogen) atoms. The third kappa shape index (κ3) is 2.97. The molecule has 3 aromatic rings. The van der Waals surface area contributed by atoms with Crippen LogP contribution in [-0.4, -0.2) is 19.4 Å². The van der Waals surface area contributed by atoms with E-state index in [1.807, 2.05) is 28.9 Å². The lowest BCUT2D eigenvalue weighted by Gasteiger charge is -2.19. The van der Waals surface area contributed by atoms with Crippen molar-refractivity contribution >= 4 is 27.4 Å². The molecule has 0 aliphatic carbocycles. The fourth-order valence-corrected chi connectivity index (χ4v) is 2.50. The van der Waals surface area contributed by atoms with Gasteiger partial charge in [-0.15, -0.1) is 0 Å². The number of hydrogen-bond acceptors (Lipinski definition) is 4. The Morgan fingerprint density at radius 3 is 2.77 bits per heavy atom. The first-order valence-electron chi connectivity index (χ1n) is 7.12. The molecular weight excluding hydrogens is 342 g/mol. The van der Waals surface area contributed by atoms with E-state index >= 15 is 0 Å². The van der Waals surface area contributed by atoms with Crippen molar-refractivity contribution in [1.29, 1.82) is 0 Å². The van der Waals surface area contributed by atoms with Crippen molar-refractivity contribution in [2.75, 3.05) is 5.32 Å². The van der Waals surface area contributed by atoms with Crippen molar-refractivity contribution in [3.8, 4) is 0 Å². The summed E-state index contributed by atoms with van der Waals surface area (Å²) < 4.78 is 2.93. The molecule has 6 heteroatoms. The first-order chi connectivity index (χ1) is 10.4. The highest BCUT2D eigenvalue weighted by atomic mass is 79.9. The summed E-state index contributed by atoms with van der Waals surface area (Å²) in [7, 11) is 0. The predicted molar refractivity (Wildman–Crippen MR) is 91.0 cm³/mol. The van der Waals surface area contributed by atoms with Crippen LogP contribution in [0.15, 0.2) is 41.5 Å². The highest BCUT2D eigenvalue weighted by Crippen LogP contribution is 2.26. The first kappa shape index (κ1) is 15.0. The maximum absolute atomic E-state index is 4.76. The Kier molecular flexibility index (Phi) is 3.87. The summed E-state index contributed by atoms with van der Waals surface area (Å²) in [5.41, 5.74) is 2.88. The fraction of sp³-hybridized carbons (Fsp3) is 0.312. The van der Waals surface area contributed by atoms with Crippen LogP contribution >= 0.6 is 15.9 Å². The molecule has 0 aliphatic rings. The van der Waals surface area contributed by atoms with E-state index in [-0.39, 0.29) is 5.41 Å². The van der Waals surface area contributed by atoms with Crippen LogP contribution in [0.4, 0.5) is 5.82 Å². The summed E-state index contributed by atoms with van der Waals surface area (Å²) in [4.78, 5) is 13.3. The normalized spacial score (nSPS) is 11.8. The lowest BCUT2D eigenvalue weighted by atomic mass is 9.93. The minimum atomic E-state index is -0.0391. The van der Waals surface area contributed by atoms with E-state index in [9.17, 15) is 0 Å².